The number of hydrogen-bond donors (Lipinski definition) is 0. The van der Waals surface area contributed by atoms with E-state index in [0.717, 1.165) is 28.0 Å². The Balaban J connectivity index is 1.56. The summed E-state index contributed by atoms with van der Waals surface area (Å²) in [6.07, 6.45) is 0.705. The largest absolute Gasteiger partial charge is 0.573 e. The lowest BCUT2D eigenvalue weighted by Gasteiger charge is -2.15. The van der Waals surface area contributed by atoms with Gasteiger partial charge in [-0.2, -0.15) is 0 Å². The number of halogens is 4. The van der Waals surface area contributed by atoms with Crippen molar-refractivity contribution in [2.45, 2.75) is 44.1 Å². The first-order chi connectivity index (χ1) is 14.3. The monoisotopic (exact) mass is 415 g/mol. The molecule has 6 heteroatoms. The summed E-state index contributed by atoms with van der Waals surface area (Å²) in [5.41, 5.74) is 5.19. The fraction of sp³-hybridized carbons (Fsp3) is 0.292. The van der Waals surface area contributed by atoms with Crippen LogP contribution in [-0.2, 0) is 0 Å². The van der Waals surface area contributed by atoms with Crippen molar-refractivity contribution in [1.82, 2.24) is 0 Å². The number of rotatable bonds is 4. The number of hydrogen-bond acceptors (Lipinski definition) is 2. The van der Waals surface area contributed by atoms with Crippen molar-refractivity contribution in [2.75, 3.05) is 0 Å². The van der Waals surface area contributed by atoms with E-state index in [9.17, 15) is 17.6 Å². The first-order valence-electron chi connectivity index (χ1n) is 9.87. The van der Waals surface area contributed by atoms with E-state index < -0.39 is 12.5 Å². The molecule has 2 aromatic rings. The first-order valence-corrected chi connectivity index (χ1v) is 9.87. The SMILES string of the molecule is C=C(C1=CCCC(F)CC1)c1ccc2c(c1)N=CC2c1cccc(OC(F)(F)F)c1. The molecule has 2 nitrogen and oxygen atoms in total. The lowest BCUT2D eigenvalue weighted by atomic mass is 9.90. The summed E-state index contributed by atoms with van der Waals surface area (Å²) in [6.45, 7) is 4.20. The zero-order valence-electron chi connectivity index (χ0n) is 16.3. The molecule has 1 aliphatic carbocycles. The van der Waals surface area contributed by atoms with Gasteiger partial charge in [0.2, 0.25) is 0 Å². The van der Waals surface area contributed by atoms with Gasteiger partial charge in [0, 0.05) is 12.1 Å². The number of aliphatic imine (C=N–C) groups is 1. The molecule has 2 aliphatic rings. The van der Waals surface area contributed by atoms with Crippen LogP contribution in [0.25, 0.3) is 5.57 Å². The van der Waals surface area contributed by atoms with Gasteiger partial charge in [-0.15, -0.1) is 13.2 Å². The van der Waals surface area contributed by atoms with Gasteiger partial charge in [0.05, 0.1) is 5.69 Å². The normalized spacial score (nSPS) is 21.0. The Morgan fingerprint density at radius 2 is 1.93 bits per heavy atom. The summed E-state index contributed by atoms with van der Waals surface area (Å²) in [4.78, 5) is 4.47. The number of ether oxygens (including phenoxy) is 1. The molecule has 0 radical (unpaired) electrons. The Morgan fingerprint density at radius 1 is 1.10 bits per heavy atom. The van der Waals surface area contributed by atoms with E-state index in [-0.39, 0.29) is 11.7 Å². The van der Waals surface area contributed by atoms with E-state index in [4.69, 9.17) is 0 Å². The van der Waals surface area contributed by atoms with Crippen LogP contribution in [0.2, 0.25) is 0 Å². The molecule has 0 fully saturated rings. The third-order valence-electron chi connectivity index (χ3n) is 5.51. The molecule has 1 aliphatic heterocycles. The number of alkyl halides is 4. The van der Waals surface area contributed by atoms with E-state index in [2.05, 4.69) is 22.4 Å². The zero-order valence-corrected chi connectivity index (χ0v) is 16.3. The van der Waals surface area contributed by atoms with Crippen molar-refractivity contribution in [2.24, 2.45) is 4.99 Å². The highest BCUT2D eigenvalue weighted by Gasteiger charge is 2.31. The Morgan fingerprint density at radius 3 is 2.73 bits per heavy atom. The fourth-order valence-electron chi connectivity index (χ4n) is 3.97. The van der Waals surface area contributed by atoms with Crippen molar-refractivity contribution in [3.8, 4) is 5.75 Å². The molecular formula is C24H21F4NO. The summed E-state index contributed by atoms with van der Waals surface area (Å²) < 4.78 is 55.3. The minimum atomic E-state index is -4.73. The molecule has 156 valence electrons. The number of nitrogens with zero attached hydrogens (tertiary/aromatic N) is 1. The molecule has 0 saturated heterocycles. The second-order valence-corrected chi connectivity index (χ2v) is 7.57. The summed E-state index contributed by atoms with van der Waals surface area (Å²) in [7, 11) is 0. The van der Waals surface area contributed by atoms with Crippen molar-refractivity contribution in [3.05, 3.63) is 77.4 Å². The Labute approximate surface area is 172 Å². The quantitative estimate of drug-likeness (QED) is 0.481. The molecule has 1 heterocycles. The van der Waals surface area contributed by atoms with E-state index in [0.29, 0.717) is 31.2 Å². The van der Waals surface area contributed by atoms with Gasteiger partial charge in [-0.1, -0.05) is 36.9 Å². The molecule has 4 rings (SSSR count). The van der Waals surface area contributed by atoms with Gasteiger partial charge in [-0.3, -0.25) is 4.99 Å². The maximum Gasteiger partial charge on any atom is 0.573 e. The zero-order chi connectivity index (χ0) is 21.3. The number of benzene rings is 2. The highest BCUT2D eigenvalue weighted by Crippen LogP contribution is 2.40. The van der Waals surface area contributed by atoms with E-state index in [1.165, 1.54) is 18.2 Å². The summed E-state index contributed by atoms with van der Waals surface area (Å²) in [6, 6.07) is 11.8. The summed E-state index contributed by atoms with van der Waals surface area (Å²) >= 11 is 0. The predicted molar refractivity (Wildman–Crippen MR) is 110 cm³/mol. The van der Waals surface area contributed by atoms with Gasteiger partial charge in [-0.05, 0) is 71.7 Å². The third-order valence-corrected chi connectivity index (χ3v) is 5.51. The standard InChI is InChI=1S/C24H21F4NO/c1-15(16-4-2-6-19(25)10-8-16)17-9-11-21-22(14-29-23(21)13-17)18-5-3-7-20(12-18)30-24(26,27)28/h3-5,7,9,11-14,19,22H,1-2,6,8,10H2. The van der Waals surface area contributed by atoms with Crippen LogP contribution in [0, 0.1) is 0 Å². The Hall–Kier alpha value is -2.89. The second-order valence-electron chi connectivity index (χ2n) is 7.57. The molecule has 2 atom stereocenters. The summed E-state index contributed by atoms with van der Waals surface area (Å²) in [5.74, 6) is -0.498. The molecule has 0 N–H and O–H groups in total. The van der Waals surface area contributed by atoms with Crippen LogP contribution in [0.15, 0.2) is 65.7 Å². The van der Waals surface area contributed by atoms with Gasteiger partial charge in [0.15, 0.2) is 0 Å². The molecular weight excluding hydrogens is 394 g/mol. The van der Waals surface area contributed by atoms with E-state index >= 15 is 0 Å². The van der Waals surface area contributed by atoms with Crippen molar-refractivity contribution < 1.29 is 22.3 Å². The van der Waals surface area contributed by atoms with Crippen LogP contribution in [0.4, 0.5) is 23.2 Å². The highest BCUT2D eigenvalue weighted by atomic mass is 19.4. The second kappa shape index (κ2) is 8.09. The summed E-state index contributed by atoms with van der Waals surface area (Å²) in [5, 5.41) is 0. The third kappa shape index (κ3) is 4.48. The van der Waals surface area contributed by atoms with Gasteiger partial charge < -0.3 is 4.74 Å². The van der Waals surface area contributed by atoms with Crippen LogP contribution in [0.1, 0.15) is 48.3 Å². The van der Waals surface area contributed by atoms with Crippen molar-refractivity contribution in [1.29, 1.82) is 0 Å². The maximum absolute atomic E-state index is 13.6. The Bertz CT molecular complexity index is 1020. The van der Waals surface area contributed by atoms with Gasteiger partial charge >= 0.3 is 6.36 Å². The number of allylic oxidation sites excluding steroid dienone is 3. The molecule has 30 heavy (non-hydrogen) atoms. The average molecular weight is 415 g/mol. The fourth-order valence-corrected chi connectivity index (χ4v) is 3.97. The van der Waals surface area contributed by atoms with Gasteiger partial charge in [-0.25, -0.2) is 4.39 Å². The molecule has 0 spiro atoms. The first kappa shape index (κ1) is 20.4. The van der Waals surface area contributed by atoms with E-state index in [1.54, 1.807) is 12.3 Å². The van der Waals surface area contributed by atoms with Crippen LogP contribution in [0.5, 0.6) is 5.75 Å². The van der Waals surface area contributed by atoms with Gasteiger partial charge in [0.1, 0.15) is 11.9 Å². The van der Waals surface area contributed by atoms with Crippen LogP contribution in [0.3, 0.4) is 0 Å². The molecule has 0 aromatic heterocycles. The molecule has 0 saturated carbocycles. The van der Waals surface area contributed by atoms with E-state index in [1.807, 2.05) is 18.2 Å². The maximum atomic E-state index is 13.6. The van der Waals surface area contributed by atoms with Crippen LogP contribution < -0.4 is 4.74 Å². The Kier molecular flexibility index (Phi) is 5.50. The molecule has 0 bridgehead atoms. The lowest BCUT2D eigenvalue weighted by Crippen LogP contribution is -2.17. The topological polar surface area (TPSA) is 21.6 Å². The smallest absolute Gasteiger partial charge is 0.406 e. The highest BCUT2D eigenvalue weighted by molar-refractivity contribution is 5.87. The van der Waals surface area contributed by atoms with Crippen LogP contribution in [-0.4, -0.2) is 18.7 Å². The minimum absolute atomic E-state index is 0.247. The predicted octanol–water partition coefficient (Wildman–Crippen LogP) is 7.28. The van der Waals surface area contributed by atoms with Crippen LogP contribution >= 0.6 is 0 Å². The molecule has 0 amide bonds. The molecule has 2 unspecified atom stereocenters. The lowest BCUT2D eigenvalue weighted by molar-refractivity contribution is -0.274. The van der Waals surface area contributed by atoms with Gasteiger partial charge in [0.25, 0.3) is 0 Å². The van der Waals surface area contributed by atoms with Crippen molar-refractivity contribution >= 4 is 17.5 Å². The minimum Gasteiger partial charge on any atom is -0.406 e. The molecule has 2 aromatic carbocycles. The number of fused-ring (bicyclic) bond motifs is 1. The average Bonchev–Trinajstić information content (AvgIpc) is 3.00. The van der Waals surface area contributed by atoms with Crippen molar-refractivity contribution in [3.63, 3.8) is 0 Å².